The predicted octanol–water partition coefficient (Wildman–Crippen LogP) is 2.62. The summed E-state index contributed by atoms with van der Waals surface area (Å²) in [5.41, 5.74) is 1.41. The average Bonchev–Trinajstić information content (AvgIpc) is 2.71. The van der Waals surface area contributed by atoms with E-state index in [0.717, 1.165) is 16.2 Å². The number of aromatic carboxylic acids is 1. The van der Waals surface area contributed by atoms with Crippen LogP contribution in [0.5, 0.6) is 5.75 Å². The zero-order valence-electron chi connectivity index (χ0n) is 15.4. The average molecular weight is 401 g/mol. The van der Waals surface area contributed by atoms with Gasteiger partial charge in [0.2, 0.25) is 5.91 Å². The highest BCUT2D eigenvalue weighted by molar-refractivity contribution is 8.01. The van der Waals surface area contributed by atoms with E-state index >= 15 is 0 Å². The summed E-state index contributed by atoms with van der Waals surface area (Å²) >= 11 is 1.36. The van der Waals surface area contributed by atoms with Crippen molar-refractivity contribution in [2.45, 2.75) is 16.6 Å². The molecule has 28 heavy (non-hydrogen) atoms. The van der Waals surface area contributed by atoms with Gasteiger partial charge in [-0.3, -0.25) is 14.5 Å². The van der Waals surface area contributed by atoms with E-state index < -0.39 is 17.2 Å². The second-order valence-corrected chi connectivity index (χ2v) is 7.39. The molecule has 146 valence electrons. The van der Waals surface area contributed by atoms with Gasteiger partial charge < -0.3 is 14.6 Å². The molecule has 1 amide bonds. The van der Waals surface area contributed by atoms with Gasteiger partial charge >= 0.3 is 11.9 Å². The Morgan fingerprint density at radius 2 is 1.86 bits per heavy atom. The minimum absolute atomic E-state index is 0.0515. The number of rotatable bonds is 6. The van der Waals surface area contributed by atoms with E-state index in [4.69, 9.17) is 9.47 Å². The number of hydrogen-bond donors (Lipinski definition) is 1. The van der Waals surface area contributed by atoms with Crippen molar-refractivity contribution in [2.75, 3.05) is 25.7 Å². The minimum Gasteiger partial charge on any atom is -0.497 e. The second-order valence-electron chi connectivity index (χ2n) is 6.15. The van der Waals surface area contributed by atoms with Crippen LogP contribution in [0.25, 0.3) is 0 Å². The molecule has 1 heterocycles. The number of ether oxygens (including phenoxy) is 2. The van der Waals surface area contributed by atoms with E-state index in [9.17, 15) is 19.5 Å². The first kappa shape index (κ1) is 19.8. The van der Waals surface area contributed by atoms with Crippen LogP contribution in [-0.2, 0) is 20.7 Å². The molecular formula is C20H19NO6S. The largest absolute Gasteiger partial charge is 0.497 e. The summed E-state index contributed by atoms with van der Waals surface area (Å²) in [6.07, 6.45) is 0.464. The minimum atomic E-state index is -1.10. The molecule has 7 nitrogen and oxygen atoms in total. The Labute approximate surface area is 166 Å². The third-order valence-corrected chi connectivity index (χ3v) is 5.65. The number of carboxylic acids is 1. The van der Waals surface area contributed by atoms with Gasteiger partial charge in [-0.25, -0.2) is 4.79 Å². The molecule has 0 bridgehead atoms. The quantitative estimate of drug-likeness (QED) is 0.744. The fourth-order valence-electron chi connectivity index (χ4n) is 2.92. The fraction of sp³-hybridized carbons (Fsp3) is 0.250. The maximum absolute atomic E-state index is 13.1. The normalized spacial score (nSPS) is 15.7. The molecule has 1 aliphatic rings. The first-order valence-electron chi connectivity index (χ1n) is 8.48. The van der Waals surface area contributed by atoms with Crippen molar-refractivity contribution >= 4 is 35.3 Å². The van der Waals surface area contributed by atoms with E-state index in [-0.39, 0.29) is 18.0 Å². The zero-order valence-corrected chi connectivity index (χ0v) is 16.2. The molecule has 0 spiro atoms. The summed E-state index contributed by atoms with van der Waals surface area (Å²) in [7, 11) is 2.83. The lowest BCUT2D eigenvalue weighted by Gasteiger charge is -2.33. The zero-order chi connectivity index (χ0) is 20.3. The van der Waals surface area contributed by atoms with Crippen LogP contribution in [-0.4, -0.2) is 49.0 Å². The predicted molar refractivity (Wildman–Crippen MR) is 104 cm³/mol. The van der Waals surface area contributed by atoms with Gasteiger partial charge in [0.15, 0.2) is 0 Å². The fourth-order valence-corrected chi connectivity index (χ4v) is 4.17. The number of carbonyl (C=O) groups is 3. The van der Waals surface area contributed by atoms with Crippen LogP contribution in [0.2, 0.25) is 0 Å². The smallest absolute Gasteiger partial charge is 0.335 e. The number of fused-ring (bicyclic) bond motifs is 1. The van der Waals surface area contributed by atoms with Gasteiger partial charge in [-0.15, -0.1) is 11.8 Å². The number of benzene rings is 2. The van der Waals surface area contributed by atoms with Crippen LogP contribution in [0.4, 0.5) is 5.69 Å². The SMILES string of the molecule is COC(=O)CN1C(=O)C(Cc2ccc(OC)cc2)Sc2ccc(C(=O)O)cc21. The summed E-state index contributed by atoms with van der Waals surface area (Å²) in [6, 6.07) is 12.0. The molecule has 0 aliphatic carbocycles. The van der Waals surface area contributed by atoms with E-state index in [1.807, 2.05) is 24.3 Å². The first-order chi connectivity index (χ1) is 13.4. The molecule has 0 saturated carbocycles. The highest BCUT2D eigenvalue weighted by Crippen LogP contribution is 2.41. The maximum Gasteiger partial charge on any atom is 0.335 e. The van der Waals surface area contributed by atoms with Crippen molar-refractivity contribution in [3.05, 3.63) is 53.6 Å². The number of nitrogens with zero attached hydrogens (tertiary/aromatic N) is 1. The van der Waals surface area contributed by atoms with Gasteiger partial charge in [-0.1, -0.05) is 12.1 Å². The van der Waals surface area contributed by atoms with Crippen LogP contribution in [0.3, 0.4) is 0 Å². The lowest BCUT2D eigenvalue weighted by atomic mass is 10.1. The van der Waals surface area contributed by atoms with Crippen molar-refractivity contribution < 1.29 is 29.0 Å². The Kier molecular flexibility index (Phi) is 5.89. The van der Waals surface area contributed by atoms with Gasteiger partial charge in [0, 0.05) is 4.90 Å². The highest BCUT2D eigenvalue weighted by atomic mass is 32.2. The van der Waals surface area contributed by atoms with Crippen LogP contribution in [0.1, 0.15) is 15.9 Å². The van der Waals surface area contributed by atoms with Crippen LogP contribution >= 0.6 is 11.8 Å². The molecule has 1 unspecified atom stereocenters. The molecule has 1 atom stereocenters. The van der Waals surface area contributed by atoms with Crippen molar-refractivity contribution in [3.63, 3.8) is 0 Å². The molecule has 1 N–H and O–H groups in total. The van der Waals surface area contributed by atoms with Crippen LogP contribution in [0, 0.1) is 0 Å². The summed E-state index contributed by atoms with van der Waals surface area (Å²) in [5, 5.41) is 8.80. The van der Waals surface area contributed by atoms with Crippen LogP contribution < -0.4 is 9.64 Å². The maximum atomic E-state index is 13.1. The lowest BCUT2D eigenvalue weighted by Crippen LogP contribution is -2.45. The molecule has 2 aromatic carbocycles. The molecule has 0 aromatic heterocycles. The van der Waals surface area contributed by atoms with Gasteiger partial charge in [0.05, 0.1) is 30.7 Å². The van der Waals surface area contributed by atoms with E-state index in [2.05, 4.69) is 0 Å². The number of amides is 1. The standard InChI is InChI=1S/C20H19NO6S/c1-26-14-6-3-12(4-7-14)9-17-19(23)21(11-18(22)27-2)15-10-13(20(24)25)5-8-16(15)28-17/h3-8,10,17H,9,11H2,1-2H3,(H,24,25). The van der Waals surface area contributed by atoms with Gasteiger partial charge in [0.25, 0.3) is 0 Å². The molecule has 0 radical (unpaired) electrons. The van der Waals surface area contributed by atoms with E-state index in [0.29, 0.717) is 12.1 Å². The molecular weight excluding hydrogens is 382 g/mol. The third kappa shape index (κ3) is 4.12. The first-order valence-corrected chi connectivity index (χ1v) is 9.36. The number of carbonyl (C=O) groups excluding carboxylic acids is 2. The summed E-state index contributed by atoms with van der Waals surface area (Å²) < 4.78 is 9.85. The highest BCUT2D eigenvalue weighted by Gasteiger charge is 2.35. The Bertz CT molecular complexity index is 911. The Morgan fingerprint density at radius 1 is 1.14 bits per heavy atom. The topological polar surface area (TPSA) is 93.1 Å². The van der Waals surface area contributed by atoms with Crippen LogP contribution in [0.15, 0.2) is 47.4 Å². The van der Waals surface area contributed by atoms with Gasteiger partial charge in [-0.05, 0) is 42.3 Å². The summed E-state index contributed by atoms with van der Waals surface area (Å²) in [6.45, 7) is -0.273. The Balaban J connectivity index is 1.92. The third-order valence-electron chi connectivity index (χ3n) is 4.40. The summed E-state index contributed by atoms with van der Waals surface area (Å²) in [5.74, 6) is -1.21. The number of esters is 1. The number of carboxylic acid groups (broad SMARTS) is 1. The second kappa shape index (κ2) is 8.35. The van der Waals surface area contributed by atoms with Crippen molar-refractivity contribution in [3.8, 4) is 5.75 Å². The number of methoxy groups -OCH3 is 2. The molecule has 0 fully saturated rings. The molecule has 2 aromatic rings. The monoisotopic (exact) mass is 401 g/mol. The van der Waals surface area contributed by atoms with Crippen molar-refractivity contribution in [1.82, 2.24) is 0 Å². The lowest BCUT2D eigenvalue weighted by molar-refractivity contribution is -0.140. The molecule has 1 aliphatic heterocycles. The molecule has 8 heteroatoms. The van der Waals surface area contributed by atoms with E-state index in [1.165, 1.54) is 35.9 Å². The summed E-state index contributed by atoms with van der Waals surface area (Å²) in [4.78, 5) is 38.3. The molecule has 0 saturated heterocycles. The Hall–Kier alpha value is -3.00. The van der Waals surface area contributed by atoms with Gasteiger partial charge in [0.1, 0.15) is 12.3 Å². The number of anilines is 1. The Morgan fingerprint density at radius 3 is 2.46 bits per heavy atom. The number of thioether (sulfide) groups is 1. The molecule has 3 rings (SSSR count). The van der Waals surface area contributed by atoms with E-state index in [1.54, 1.807) is 13.2 Å². The van der Waals surface area contributed by atoms with Crippen molar-refractivity contribution in [2.24, 2.45) is 0 Å². The van der Waals surface area contributed by atoms with Crippen molar-refractivity contribution in [1.29, 1.82) is 0 Å². The van der Waals surface area contributed by atoms with Gasteiger partial charge in [-0.2, -0.15) is 0 Å². The number of hydrogen-bond acceptors (Lipinski definition) is 6.